The molecule has 3 rings (SSSR count). The second kappa shape index (κ2) is 5.74. The molecule has 5 heteroatoms. The van der Waals surface area contributed by atoms with Crippen molar-refractivity contribution in [2.24, 2.45) is 5.73 Å². The highest BCUT2D eigenvalue weighted by atomic mass is 19.1. The lowest BCUT2D eigenvalue weighted by Gasteiger charge is -2.26. The number of aromatic nitrogens is 1. The maximum atomic E-state index is 14.7. The van der Waals surface area contributed by atoms with Gasteiger partial charge in [0.05, 0.1) is 0 Å². The number of benzene rings is 1. The largest absolute Gasteiger partial charge is 0.324 e. The zero-order valence-electron chi connectivity index (χ0n) is 13.6. The lowest BCUT2D eigenvalue weighted by molar-refractivity contribution is -0.118. The first-order valence-corrected chi connectivity index (χ1v) is 7.69. The molecule has 0 bridgehead atoms. The normalized spacial score (nSPS) is 15.5. The summed E-state index contributed by atoms with van der Waals surface area (Å²) < 4.78 is 14.7. The molecule has 0 spiro atoms. The number of nitrogens with two attached hydrogens (primary N) is 1. The van der Waals surface area contributed by atoms with E-state index in [4.69, 9.17) is 5.73 Å². The molecule has 2 N–H and O–H groups in total. The number of halogens is 1. The third kappa shape index (κ3) is 2.61. The molecule has 4 nitrogen and oxygen atoms in total. The number of amides is 1. The van der Waals surface area contributed by atoms with Gasteiger partial charge in [0.2, 0.25) is 5.91 Å². The third-order valence-electron chi connectivity index (χ3n) is 4.55. The summed E-state index contributed by atoms with van der Waals surface area (Å²) in [4.78, 5) is 17.5. The number of pyridine rings is 1. The van der Waals surface area contributed by atoms with Gasteiger partial charge < -0.3 is 10.6 Å². The van der Waals surface area contributed by atoms with Crippen LogP contribution in [0.15, 0.2) is 24.5 Å². The van der Waals surface area contributed by atoms with Crippen molar-refractivity contribution in [1.82, 2.24) is 4.98 Å². The fraction of sp³-hybridized carbons (Fsp3) is 0.333. The molecular weight excluding hydrogens is 293 g/mol. The number of anilines is 1. The van der Waals surface area contributed by atoms with Gasteiger partial charge in [-0.3, -0.25) is 9.78 Å². The molecule has 0 saturated carbocycles. The van der Waals surface area contributed by atoms with Crippen molar-refractivity contribution < 1.29 is 9.18 Å². The van der Waals surface area contributed by atoms with E-state index < -0.39 is 0 Å². The summed E-state index contributed by atoms with van der Waals surface area (Å²) in [7, 11) is 1.68. The van der Waals surface area contributed by atoms with Crippen LogP contribution < -0.4 is 10.6 Å². The quantitative estimate of drug-likeness (QED) is 0.926. The molecular formula is C18H20FN3O. The average molecular weight is 313 g/mol. The predicted molar refractivity (Wildman–Crippen MR) is 88.7 cm³/mol. The number of nitrogens with zero attached hydrogens (tertiary/aromatic N) is 2. The predicted octanol–water partition coefficient (Wildman–Crippen LogP) is 3.12. The van der Waals surface area contributed by atoms with E-state index >= 15 is 0 Å². The fourth-order valence-corrected chi connectivity index (χ4v) is 3.14. The van der Waals surface area contributed by atoms with E-state index in [2.05, 4.69) is 4.98 Å². The Bertz CT molecular complexity index is 786. The first kappa shape index (κ1) is 15.6. The Morgan fingerprint density at radius 1 is 1.26 bits per heavy atom. The Balaban J connectivity index is 2.16. The van der Waals surface area contributed by atoms with Crippen molar-refractivity contribution in [3.8, 4) is 11.1 Å². The van der Waals surface area contributed by atoms with E-state index in [9.17, 15) is 9.18 Å². The molecule has 1 unspecified atom stereocenters. The molecule has 1 aromatic heterocycles. The molecule has 1 amide bonds. The van der Waals surface area contributed by atoms with Crippen LogP contribution in [0.4, 0.5) is 10.1 Å². The maximum Gasteiger partial charge on any atom is 0.227 e. The Hall–Kier alpha value is -2.27. The fourth-order valence-electron chi connectivity index (χ4n) is 3.14. The monoisotopic (exact) mass is 313 g/mol. The summed E-state index contributed by atoms with van der Waals surface area (Å²) in [5, 5.41) is 0. The highest BCUT2D eigenvalue weighted by Crippen LogP contribution is 2.35. The Kier molecular flexibility index (Phi) is 3.90. The van der Waals surface area contributed by atoms with Gasteiger partial charge in [-0.1, -0.05) is 0 Å². The summed E-state index contributed by atoms with van der Waals surface area (Å²) in [5.74, 6) is -0.335. The van der Waals surface area contributed by atoms with Crippen molar-refractivity contribution >= 4 is 11.6 Å². The van der Waals surface area contributed by atoms with Crippen LogP contribution >= 0.6 is 0 Å². The number of carbonyl (C=O) groups is 1. The van der Waals surface area contributed by atoms with E-state index in [0.29, 0.717) is 24.1 Å². The molecule has 0 saturated heterocycles. The van der Waals surface area contributed by atoms with Crippen molar-refractivity contribution in [2.75, 3.05) is 11.9 Å². The molecule has 2 heterocycles. The van der Waals surface area contributed by atoms with E-state index in [1.165, 1.54) is 11.0 Å². The van der Waals surface area contributed by atoms with Crippen LogP contribution in [-0.2, 0) is 11.2 Å². The molecule has 120 valence electrons. The first-order chi connectivity index (χ1) is 10.9. The number of aryl methyl sites for hydroxylation is 1. The van der Waals surface area contributed by atoms with Crippen molar-refractivity contribution in [3.05, 3.63) is 47.0 Å². The topological polar surface area (TPSA) is 59.2 Å². The molecule has 1 aliphatic heterocycles. The van der Waals surface area contributed by atoms with Crippen molar-refractivity contribution in [2.45, 2.75) is 32.7 Å². The summed E-state index contributed by atoms with van der Waals surface area (Å²) in [6.45, 7) is 3.82. The van der Waals surface area contributed by atoms with Crippen LogP contribution in [0.25, 0.3) is 11.1 Å². The Morgan fingerprint density at radius 3 is 2.70 bits per heavy atom. The lowest BCUT2D eigenvalue weighted by atomic mass is 9.92. The van der Waals surface area contributed by atoms with E-state index in [-0.39, 0.29) is 17.8 Å². The van der Waals surface area contributed by atoms with Crippen LogP contribution in [0.2, 0.25) is 0 Å². The molecule has 23 heavy (non-hydrogen) atoms. The summed E-state index contributed by atoms with van der Waals surface area (Å²) in [6, 6.07) is 3.12. The highest BCUT2D eigenvalue weighted by molar-refractivity contribution is 5.96. The van der Waals surface area contributed by atoms with Crippen LogP contribution in [0.5, 0.6) is 0 Å². The summed E-state index contributed by atoms with van der Waals surface area (Å²) in [5.41, 5.74) is 10.7. The van der Waals surface area contributed by atoms with Crippen LogP contribution in [-0.4, -0.2) is 17.9 Å². The minimum Gasteiger partial charge on any atom is -0.324 e. The van der Waals surface area contributed by atoms with Gasteiger partial charge in [-0.25, -0.2) is 4.39 Å². The van der Waals surface area contributed by atoms with Gasteiger partial charge in [-0.05, 0) is 49.1 Å². The molecule has 1 atom stereocenters. The number of rotatable bonds is 2. The summed E-state index contributed by atoms with van der Waals surface area (Å²) in [6.07, 6.45) is 4.48. The summed E-state index contributed by atoms with van der Waals surface area (Å²) >= 11 is 0. The second-order valence-corrected chi connectivity index (χ2v) is 6.10. The molecule has 0 fully saturated rings. The van der Waals surface area contributed by atoms with Gasteiger partial charge in [0.1, 0.15) is 5.82 Å². The third-order valence-corrected chi connectivity index (χ3v) is 4.55. The van der Waals surface area contributed by atoms with Gasteiger partial charge in [0.15, 0.2) is 0 Å². The molecule has 0 aliphatic carbocycles. The van der Waals surface area contributed by atoms with E-state index in [0.717, 1.165) is 22.3 Å². The Morgan fingerprint density at radius 2 is 2.00 bits per heavy atom. The standard InChI is InChI=1S/C18H20FN3O/c1-10-14(11(2)20)8-21-9-15(10)13-6-12-4-5-18(23)22(3)17(12)7-16(13)19/h6-9,11H,4-5,20H2,1-3H3. The highest BCUT2D eigenvalue weighted by Gasteiger charge is 2.24. The second-order valence-electron chi connectivity index (χ2n) is 6.10. The molecule has 0 radical (unpaired) electrons. The smallest absolute Gasteiger partial charge is 0.227 e. The maximum absolute atomic E-state index is 14.7. The minimum absolute atomic E-state index is 0.0152. The van der Waals surface area contributed by atoms with Crippen molar-refractivity contribution in [1.29, 1.82) is 0 Å². The zero-order chi connectivity index (χ0) is 16.7. The minimum atomic E-state index is -0.350. The zero-order valence-corrected chi connectivity index (χ0v) is 13.6. The Labute approximate surface area is 135 Å². The van der Waals surface area contributed by atoms with Crippen LogP contribution in [0.3, 0.4) is 0 Å². The number of fused-ring (bicyclic) bond motifs is 1. The SMILES string of the molecule is Cc1c(-c2cc3c(cc2F)N(C)C(=O)CC3)cncc1C(C)N. The van der Waals surface area contributed by atoms with Crippen molar-refractivity contribution in [3.63, 3.8) is 0 Å². The van der Waals surface area contributed by atoms with Gasteiger partial charge in [-0.2, -0.15) is 0 Å². The number of carbonyl (C=O) groups excluding carboxylic acids is 1. The van der Waals surface area contributed by atoms with E-state index in [1.807, 2.05) is 19.9 Å². The van der Waals surface area contributed by atoms with Gasteiger partial charge in [0, 0.05) is 48.7 Å². The number of hydrogen-bond donors (Lipinski definition) is 1. The van der Waals surface area contributed by atoms with Crippen LogP contribution in [0.1, 0.15) is 36.1 Å². The first-order valence-electron chi connectivity index (χ1n) is 7.69. The molecule has 1 aliphatic rings. The van der Waals surface area contributed by atoms with Gasteiger partial charge in [0.25, 0.3) is 0 Å². The van der Waals surface area contributed by atoms with Crippen LogP contribution in [0, 0.1) is 12.7 Å². The molecule has 2 aromatic rings. The lowest BCUT2D eigenvalue weighted by Crippen LogP contribution is -2.31. The average Bonchev–Trinajstić information content (AvgIpc) is 2.51. The van der Waals surface area contributed by atoms with E-state index in [1.54, 1.807) is 19.4 Å². The van der Waals surface area contributed by atoms with Gasteiger partial charge in [-0.15, -0.1) is 0 Å². The molecule has 1 aromatic carbocycles. The number of hydrogen-bond acceptors (Lipinski definition) is 3. The van der Waals surface area contributed by atoms with Gasteiger partial charge >= 0.3 is 0 Å².